The first-order valence-corrected chi connectivity index (χ1v) is 8.83. The molecule has 2 saturated heterocycles. The third kappa shape index (κ3) is 4.02. The predicted octanol–water partition coefficient (Wildman–Crippen LogP) is 1.79. The van der Waals surface area contributed by atoms with Gasteiger partial charge in [0.15, 0.2) is 5.79 Å². The molecule has 1 spiro atoms. The van der Waals surface area contributed by atoms with Gasteiger partial charge in [-0.25, -0.2) is 0 Å². The maximum absolute atomic E-state index is 12.4. The minimum absolute atomic E-state index is 0.0108. The topological polar surface area (TPSA) is 67.9 Å². The molecule has 0 saturated carbocycles. The molecule has 2 heterocycles. The number of rotatable bonds is 3. The standard InChI is InChI=1S/C19H26N2O4/c1-13-4-5-16(10-14(13)2)18(23)20-11-17(22)21-8-6-19(7-9-21)24-12-15(3)25-19/h4-5,10,15H,6-9,11-12H2,1-3H3,(H,20,23). The lowest BCUT2D eigenvalue weighted by atomic mass is 10.0. The lowest BCUT2D eigenvalue weighted by Gasteiger charge is -2.37. The van der Waals surface area contributed by atoms with Gasteiger partial charge in [0.2, 0.25) is 5.91 Å². The van der Waals surface area contributed by atoms with E-state index in [1.807, 2.05) is 32.9 Å². The molecule has 0 bridgehead atoms. The van der Waals surface area contributed by atoms with Gasteiger partial charge < -0.3 is 19.7 Å². The Labute approximate surface area is 148 Å². The molecule has 2 aliphatic rings. The summed E-state index contributed by atoms with van der Waals surface area (Å²) >= 11 is 0. The van der Waals surface area contributed by atoms with Crippen molar-refractivity contribution in [2.75, 3.05) is 26.2 Å². The van der Waals surface area contributed by atoms with Gasteiger partial charge in [-0.05, 0) is 44.0 Å². The first-order chi connectivity index (χ1) is 11.9. The summed E-state index contributed by atoms with van der Waals surface area (Å²) < 4.78 is 11.6. The fourth-order valence-electron chi connectivity index (χ4n) is 3.32. The summed E-state index contributed by atoms with van der Waals surface area (Å²) in [6, 6.07) is 5.54. The van der Waals surface area contributed by atoms with Crippen LogP contribution < -0.4 is 5.32 Å². The van der Waals surface area contributed by atoms with Crippen molar-refractivity contribution in [3.05, 3.63) is 34.9 Å². The molecule has 136 valence electrons. The number of amides is 2. The van der Waals surface area contributed by atoms with Crippen molar-refractivity contribution in [1.29, 1.82) is 0 Å². The predicted molar refractivity (Wildman–Crippen MR) is 93.3 cm³/mol. The number of benzene rings is 1. The van der Waals surface area contributed by atoms with Crippen LogP contribution in [0.4, 0.5) is 0 Å². The van der Waals surface area contributed by atoms with Crippen molar-refractivity contribution in [2.24, 2.45) is 0 Å². The summed E-state index contributed by atoms with van der Waals surface area (Å²) in [5, 5.41) is 2.72. The normalized spacial score (nSPS) is 22.2. The molecule has 1 aromatic carbocycles. The molecule has 25 heavy (non-hydrogen) atoms. The highest BCUT2D eigenvalue weighted by Crippen LogP contribution is 2.33. The van der Waals surface area contributed by atoms with Gasteiger partial charge in [-0.3, -0.25) is 9.59 Å². The first kappa shape index (κ1) is 17.9. The first-order valence-electron chi connectivity index (χ1n) is 8.83. The van der Waals surface area contributed by atoms with E-state index in [2.05, 4.69) is 5.32 Å². The zero-order valence-corrected chi connectivity index (χ0v) is 15.1. The molecule has 0 radical (unpaired) electrons. The lowest BCUT2D eigenvalue weighted by molar-refractivity contribution is -0.194. The zero-order valence-electron chi connectivity index (χ0n) is 15.1. The Morgan fingerprint density at radius 1 is 1.24 bits per heavy atom. The van der Waals surface area contributed by atoms with E-state index in [0.29, 0.717) is 38.1 Å². The van der Waals surface area contributed by atoms with Crippen LogP contribution in [0.25, 0.3) is 0 Å². The summed E-state index contributed by atoms with van der Waals surface area (Å²) in [7, 11) is 0. The number of piperidine rings is 1. The van der Waals surface area contributed by atoms with Gasteiger partial charge in [0, 0.05) is 31.5 Å². The SMILES string of the molecule is Cc1ccc(C(=O)NCC(=O)N2CCC3(CC2)OCC(C)O3)cc1C. The summed E-state index contributed by atoms with van der Waals surface area (Å²) in [5.74, 6) is -0.807. The van der Waals surface area contributed by atoms with Crippen molar-refractivity contribution < 1.29 is 19.1 Å². The van der Waals surface area contributed by atoms with Crippen LogP contribution in [0.1, 0.15) is 41.3 Å². The third-order valence-electron chi connectivity index (χ3n) is 5.04. The van der Waals surface area contributed by atoms with Gasteiger partial charge in [0.1, 0.15) is 0 Å². The van der Waals surface area contributed by atoms with Crippen LogP contribution in [0.15, 0.2) is 18.2 Å². The number of carbonyl (C=O) groups excluding carboxylic acids is 2. The van der Waals surface area contributed by atoms with Crippen molar-refractivity contribution in [2.45, 2.75) is 45.5 Å². The number of hydrogen-bond acceptors (Lipinski definition) is 4. The lowest BCUT2D eigenvalue weighted by Crippen LogP contribution is -2.50. The summed E-state index contributed by atoms with van der Waals surface area (Å²) in [5.41, 5.74) is 2.78. The minimum atomic E-state index is -0.515. The molecule has 1 atom stereocenters. The number of carbonyl (C=O) groups is 2. The minimum Gasteiger partial charge on any atom is -0.347 e. The second-order valence-electron chi connectivity index (χ2n) is 7.01. The van der Waals surface area contributed by atoms with E-state index in [1.54, 1.807) is 11.0 Å². The largest absolute Gasteiger partial charge is 0.347 e. The Morgan fingerprint density at radius 3 is 2.56 bits per heavy atom. The Bertz CT molecular complexity index is 665. The molecule has 0 aliphatic carbocycles. The van der Waals surface area contributed by atoms with Gasteiger partial charge in [0.25, 0.3) is 5.91 Å². The number of ether oxygens (including phenoxy) is 2. The number of hydrogen-bond donors (Lipinski definition) is 1. The number of nitrogens with one attached hydrogen (secondary N) is 1. The maximum Gasteiger partial charge on any atom is 0.251 e. The van der Waals surface area contributed by atoms with E-state index >= 15 is 0 Å². The Hall–Kier alpha value is -1.92. The second kappa shape index (κ2) is 7.14. The van der Waals surface area contributed by atoms with E-state index < -0.39 is 5.79 Å². The van der Waals surface area contributed by atoms with Gasteiger partial charge in [0.05, 0.1) is 19.3 Å². The van der Waals surface area contributed by atoms with Crippen molar-refractivity contribution in [3.63, 3.8) is 0 Å². The molecular formula is C19H26N2O4. The number of nitrogens with zero attached hydrogens (tertiary/aromatic N) is 1. The highest BCUT2D eigenvalue weighted by molar-refractivity contribution is 5.96. The molecule has 2 fully saturated rings. The van der Waals surface area contributed by atoms with E-state index in [1.165, 1.54) is 0 Å². The Balaban J connectivity index is 1.48. The fraction of sp³-hybridized carbons (Fsp3) is 0.579. The maximum atomic E-state index is 12.4. The van der Waals surface area contributed by atoms with Crippen LogP contribution in [0.3, 0.4) is 0 Å². The average molecular weight is 346 g/mol. The molecule has 2 aliphatic heterocycles. The molecule has 1 aromatic rings. The highest BCUT2D eigenvalue weighted by atomic mass is 16.7. The van der Waals surface area contributed by atoms with Crippen molar-refractivity contribution in [1.82, 2.24) is 10.2 Å². The quantitative estimate of drug-likeness (QED) is 0.906. The third-order valence-corrected chi connectivity index (χ3v) is 5.04. The zero-order chi connectivity index (χ0) is 18.0. The average Bonchev–Trinajstić information content (AvgIpc) is 2.96. The molecular weight excluding hydrogens is 320 g/mol. The molecule has 6 nitrogen and oxygen atoms in total. The highest BCUT2D eigenvalue weighted by Gasteiger charge is 2.43. The van der Waals surface area contributed by atoms with Gasteiger partial charge in [-0.1, -0.05) is 6.07 Å². The molecule has 6 heteroatoms. The molecule has 1 N–H and O–H groups in total. The fourth-order valence-corrected chi connectivity index (χ4v) is 3.32. The van der Waals surface area contributed by atoms with Crippen LogP contribution in [-0.2, 0) is 14.3 Å². The van der Waals surface area contributed by atoms with E-state index in [9.17, 15) is 9.59 Å². The van der Waals surface area contributed by atoms with Crippen LogP contribution in [0.5, 0.6) is 0 Å². The Morgan fingerprint density at radius 2 is 1.96 bits per heavy atom. The van der Waals surface area contributed by atoms with Crippen LogP contribution in [0.2, 0.25) is 0 Å². The van der Waals surface area contributed by atoms with E-state index in [4.69, 9.17) is 9.47 Å². The Kier molecular flexibility index (Phi) is 5.11. The second-order valence-corrected chi connectivity index (χ2v) is 7.01. The summed E-state index contributed by atoms with van der Waals surface area (Å²) in [6.45, 7) is 7.76. The molecule has 2 amide bonds. The monoisotopic (exact) mass is 346 g/mol. The van der Waals surface area contributed by atoms with E-state index in [0.717, 1.165) is 11.1 Å². The molecule has 0 aromatic heterocycles. The van der Waals surface area contributed by atoms with Gasteiger partial charge >= 0.3 is 0 Å². The number of aryl methyl sites for hydroxylation is 2. The van der Waals surface area contributed by atoms with Crippen molar-refractivity contribution >= 4 is 11.8 Å². The van der Waals surface area contributed by atoms with Crippen molar-refractivity contribution in [3.8, 4) is 0 Å². The van der Waals surface area contributed by atoms with Crippen LogP contribution >= 0.6 is 0 Å². The summed E-state index contributed by atoms with van der Waals surface area (Å²) in [6.07, 6.45) is 1.46. The number of likely N-dealkylation sites (tertiary alicyclic amines) is 1. The van der Waals surface area contributed by atoms with Crippen LogP contribution in [0, 0.1) is 13.8 Å². The van der Waals surface area contributed by atoms with Gasteiger partial charge in [-0.15, -0.1) is 0 Å². The van der Waals surface area contributed by atoms with E-state index in [-0.39, 0.29) is 24.5 Å². The molecule has 3 rings (SSSR count). The molecule has 1 unspecified atom stereocenters. The summed E-state index contributed by atoms with van der Waals surface area (Å²) in [4.78, 5) is 26.3. The van der Waals surface area contributed by atoms with Gasteiger partial charge in [-0.2, -0.15) is 0 Å². The smallest absolute Gasteiger partial charge is 0.251 e. The van der Waals surface area contributed by atoms with Crippen LogP contribution in [-0.4, -0.2) is 54.8 Å².